The number of benzene rings is 1. The van der Waals surface area contributed by atoms with E-state index in [0.717, 1.165) is 29.0 Å². The molecule has 3 aliphatic rings. The van der Waals surface area contributed by atoms with Crippen molar-refractivity contribution in [2.24, 2.45) is 28.9 Å². The van der Waals surface area contributed by atoms with Crippen LogP contribution in [0.15, 0.2) is 35.3 Å². The van der Waals surface area contributed by atoms with Crippen LogP contribution in [0.5, 0.6) is 0 Å². The zero-order chi connectivity index (χ0) is 30.2. The van der Waals surface area contributed by atoms with Crippen molar-refractivity contribution in [3.63, 3.8) is 0 Å². The van der Waals surface area contributed by atoms with E-state index in [4.69, 9.17) is 5.73 Å². The molecule has 1 saturated heterocycles. The van der Waals surface area contributed by atoms with Crippen molar-refractivity contribution in [2.75, 3.05) is 24.5 Å². The highest BCUT2D eigenvalue weighted by molar-refractivity contribution is 5.93. The van der Waals surface area contributed by atoms with E-state index in [-0.39, 0.29) is 64.2 Å². The third-order valence-corrected chi connectivity index (χ3v) is 8.81. The van der Waals surface area contributed by atoms with Crippen molar-refractivity contribution in [3.8, 4) is 5.69 Å². The number of fused-ring (bicyclic) bond motifs is 2. The number of carbonyl (C=O) groups excluding carboxylic acids is 2. The molecular weight excluding hydrogens is 557 g/mol. The third-order valence-electron chi connectivity index (χ3n) is 8.81. The molecule has 3 fully saturated rings. The quantitative estimate of drug-likeness (QED) is 0.307. The van der Waals surface area contributed by atoms with E-state index in [1.165, 1.54) is 0 Å². The number of carboxylic acid groups (broad SMARTS) is 1. The van der Waals surface area contributed by atoms with Crippen LogP contribution < -0.4 is 26.7 Å². The largest absolute Gasteiger partial charge is 0.477 e. The number of aromatic carboxylic acids is 1. The smallest absolute Gasteiger partial charge is 0.341 e. The topological polar surface area (TPSA) is 160 Å². The average molecular weight is 585 g/mol. The van der Waals surface area contributed by atoms with Gasteiger partial charge in [-0.05, 0) is 37.0 Å². The Hall–Kier alpha value is -4.46. The molecule has 2 saturated carbocycles. The summed E-state index contributed by atoms with van der Waals surface area (Å²) in [7, 11) is 0. The fourth-order valence-electron chi connectivity index (χ4n) is 6.29. The fraction of sp³-hybridized carbons (Fsp3) is 0.393. The molecule has 2 amide bonds. The van der Waals surface area contributed by atoms with Crippen LogP contribution in [0.3, 0.4) is 0 Å². The summed E-state index contributed by atoms with van der Waals surface area (Å²) in [6.45, 7) is 4.17. The first kappa shape index (κ1) is 27.7. The van der Waals surface area contributed by atoms with E-state index in [9.17, 15) is 33.1 Å². The first-order valence-corrected chi connectivity index (χ1v) is 13.4. The van der Waals surface area contributed by atoms with Crippen LogP contribution >= 0.6 is 0 Å². The van der Waals surface area contributed by atoms with Crippen molar-refractivity contribution in [1.82, 2.24) is 20.2 Å². The molecule has 1 aliphatic heterocycles. The molecule has 1 aromatic carbocycles. The van der Waals surface area contributed by atoms with Gasteiger partial charge in [0.1, 0.15) is 23.2 Å². The van der Waals surface area contributed by atoms with Gasteiger partial charge in [0.15, 0.2) is 17.3 Å². The number of piperidine rings is 1. The average Bonchev–Trinajstić information content (AvgIpc) is 3.73. The van der Waals surface area contributed by atoms with Gasteiger partial charge in [0, 0.05) is 49.3 Å². The predicted octanol–water partition coefficient (Wildman–Crippen LogP) is 1.15. The van der Waals surface area contributed by atoms with Gasteiger partial charge in [-0.2, -0.15) is 0 Å². The first-order valence-electron chi connectivity index (χ1n) is 13.4. The number of nitrogens with one attached hydrogen (secondary N) is 2. The lowest BCUT2D eigenvalue weighted by atomic mass is 10.1. The van der Waals surface area contributed by atoms with Crippen LogP contribution in [-0.4, -0.2) is 64.2 Å². The number of halogens is 3. The number of carboxylic acids is 1. The molecule has 3 aromatic rings. The Balaban J connectivity index is 1.27. The molecule has 2 aromatic heterocycles. The fourth-order valence-corrected chi connectivity index (χ4v) is 6.29. The van der Waals surface area contributed by atoms with Crippen molar-refractivity contribution < 1.29 is 32.7 Å². The van der Waals surface area contributed by atoms with Crippen molar-refractivity contribution in [1.29, 1.82) is 0 Å². The van der Waals surface area contributed by atoms with Gasteiger partial charge in [-0.3, -0.25) is 19.0 Å². The molecule has 220 valence electrons. The number of hydrogen-bond donors (Lipinski definition) is 4. The van der Waals surface area contributed by atoms with Gasteiger partial charge in [0.05, 0.1) is 11.1 Å². The monoisotopic (exact) mass is 584 g/mol. The first-order chi connectivity index (χ1) is 19.9. The van der Waals surface area contributed by atoms with Crippen LogP contribution in [0.4, 0.5) is 19.0 Å². The summed E-state index contributed by atoms with van der Waals surface area (Å²) in [4.78, 5) is 55.4. The molecule has 3 heterocycles. The normalized spacial score (nSPS) is 24.9. The highest BCUT2D eigenvalue weighted by Gasteiger charge is 2.89. The van der Waals surface area contributed by atoms with E-state index in [1.54, 1.807) is 18.7 Å². The van der Waals surface area contributed by atoms with Crippen LogP contribution in [0.1, 0.15) is 24.2 Å². The summed E-state index contributed by atoms with van der Waals surface area (Å²) in [6, 6.07) is 2.59. The van der Waals surface area contributed by atoms with E-state index in [2.05, 4.69) is 15.6 Å². The summed E-state index contributed by atoms with van der Waals surface area (Å²) < 4.78 is 44.8. The molecule has 42 heavy (non-hydrogen) atoms. The van der Waals surface area contributed by atoms with E-state index in [0.29, 0.717) is 19.2 Å². The summed E-state index contributed by atoms with van der Waals surface area (Å²) in [5, 5.41) is 14.7. The lowest BCUT2D eigenvalue weighted by Gasteiger charge is -2.21. The molecule has 4 unspecified atom stereocenters. The number of nitrogens with two attached hydrogens (primary N) is 1. The highest BCUT2D eigenvalue weighted by atomic mass is 19.1. The Morgan fingerprint density at radius 3 is 2.57 bits per heavy atom. The molecular formula is C28H27F3N6O5. The number of pyridine rings is 2. The predicted molar refractivity (Wildman–Crippen MR) is 144 cm³/mol. The SMILES string of the molecule is C[C@@H](CN)C(=O)N[C@H](C)C(=O)NC1C2C3CN(c4nc5c(cc4F)c(=O)c(C(=O)O)cn5-c4ccc(F)cc4F)CC312. The lowest BCUT2D eigenvalue weighted by Crippen LogP contribution is -2.49. The minimum absolute atomic E-state index is 0.116. The zero-order valence-electron chi connectivity index (χ0n) is 22.5. The van der Waals surface area contributed by atoms with Gasteiger partial charge in [-0.25, -0.2) is 22.9 Å². The second kappa shape index (κ2) is 9.54. The molecule has 11 nitrogen and oxygen atoms in total. The highest BCUT2D eigenvalue weighted by Crippen LogP contribution is 2.82. The Morgan fingerprint density at radius 2 is 1.90 bits per heavy atom. The lowest BCUT2D eigenvalue weighted by molar-refractivity contribution is -0.130. The Kier molecular flexibility index (Phi) is 6.29. The number of hydrogen-bond acceptors (Lipinski definition) is 7. The summed E-state index contributed by atoms with van der Waals surface area (Å²) in [5.41, 5.74) is 3.03. The maximum atomic E-state index is 15.4. The van der Waals surface area contributed by atoms with Gasteiger partial charge in [-0.15, -0.1) is 0 Å². The molecule has 6 atom stereocenters. The number of nitrogens with zero attached hydrogens (tertiary/aromatic N) is 3. The Bertz CT molecular complexity index is 1750. The molecule has 2 aliphatic carbocycles. The number of carbonyl (C=O) groups is 3. The summed E-state index contributed by atoms with van der Waals surface area (Å²) >= 11 is 0. The molecule has 5 N–H and O–H groups in total. The van der Waals surface area contributed by atoms with E-state index in [1.807, 2.05) is 0 Å². The summed E-state index contributed by atoms with van der Waals surface area (Å²) in [6.07, 6.45) is 0.884. The van der Waals surface area contributed by atoms with Crippen molar-refractivity contribution in [2.45, 2.75) is 25.9 Å². The summed E-state index contributed by atoms with van der Waals surface area (Å²) in [5.74, 6) is -5.20. The maximum absolute atomic E-state index is 15.4. The van der Waals surface area contributed by atoms with Crippen molar-refractivity contribution >= 4 is 34.6 Å². The zero-order valence-corrected chi connectivity index (χ0v) is 22.5. The second-order valence-electron chi connectivity index (χ2n) is 11.3. The minimum Gasteiger partial charge on any atom is -0.477 e. The number of rotatable bonds is 8. The second-order valence-corrected chi connectivity index (χ2v) is 11.3. The minimum atomic E-state index is -1.60. The maximum Gasteiger partial charge on any atom is 0.341 e. The Labute approximate surface area is 236 Å². The van der Waals surface area contributed by atoms with Crippen LogP contribution in [0.25, 0.3) is 16.7 Å². The van der Waals surface area contributed by atoms with Crippen LogP contribution in [-0.2, 0) is 9.59 Å². The molecule has 0 bridgehead atoms. The van der Waals surface area contributed by atoms with Crippen LogP contribution in [0, 0.1) is 40.6 Å². The van der Waals surface area contributed by atoms with Gasteiger partial charge in [-0.1, -0.05) is 6.92 Å². The van der Waals surface area contributed by atoms with E-state index < -0.39 is 46.4 Å². The number of aromatic nitrogens is 2. The molecule has 14 heteroatoms. The van der Waals surface area contributed by atoms with Gasteiger partial charge < -0.3 is 26.4 Å². The number of anilines is 1. The standard InChI is InChI=1S/C28H27F3N6O5/c1-11(7-32)25(39)33-12(2)26(40)34-22-20-16-9-36(10-28(16,20)22)24-18(31)6-14-21(38)15(27(41)42)8-37(23(14)35-24)19-4-3-13(29)5-17(19)30/h3-6,8,11-12,16,20,22H,7,9-10,32H2,1-2H3,(H,33,39)(H,34,40)(H,41,42)/t11-,12+,16?,20?,22?,28?/m0/s1. The van der Waals surface area contributed by atoms with Gasteiger partial charge in [0.25, 0.3) is 0 Å². The van der Waals surface area contributed by atoms with Crippen LogP contribution in [0.2, 0.25) is 0 Å². The molecule has 0 radical (unpaired) electrons. The number of amides is 2. The third kappa shape index (κ3) is 4.11. The van der Waals surface area contributed by atoms with Gasteiger partial charge in [0.2, 0.25) is 17.2 Å². The van der Waals surface area contributed by atoms with Gasteiger partial charge >= 0.3 is 5.97 Å². The van der Waals surface area contributed by atoms with E-state index >= 15 is 4.39 Å². The molecule has 1 spiro atoms. The molecule has 6 rings (SSSR count). The Morgan fingerprint density at radius 1 is 1.17 bits per heavy atom. The van der Waals surface area contributed by atoms with Crippen molar-refractivity contribution in [3.05, 3.63) is 63.7 Å².